The molecule has 1 rings (SSSR count). The van der Waals surface area contributed by atoms with Crippen LogP contribution in [0.1, 0.15) is 11.4 Å². The quantitative estimate of drug-likeness (QED) is 0.556. The van der Waals surface area contributed by atoms with Gasteiger partial charge in [-0.3, -0.25) is 0 Å². The molecule has 0 bridgehead atoms. The molecule has 0 aromatic carbocycles. The van der Waals surface area contributed by atoms with Crippen LogP contribution < -0.4 is 0 Å². The van der Waals surface area contributed by atoms with Crippen LogP contribution in [-0.4, -0.2) is 9.97 Å². The van der Waals surface area contributed by atoms with E-state index in [2.05, 4.69) is 9.97 Å². The average Bonchev–Trinajstić information content (AvgIpc) is 1.90. The van der Waals surface area contributed by atoms with Gasteiger partial charge >= 0.3 is 0 Å². The van der Waals surface area contributed by atoms with Gasteiger partial charge in [-0.15, -0.1) is 11.6 Å². The minimum absolute atomic E-state index is 0.486. The van der Waals surface area contributed by atoms with Crippen LogP contribution in [0.4, 0.5) is 0 Å². The lowest BCUT2D eigenvalue weighted by Gasteiger charge is -1.91. The summed E-state index contributed by atoms with van der Waals surface area (Å²) in [6, 6.07) is 0. The normalized spacial score (nSPS) is 9.56. The topological polar surface area (TPSA) is 25.8 Å². The zero-order valence-corrected chi connectivity index (χ0v) is 5.89. The van der Waals surface area contributed by atoms with E-state index in [1.807, 2.05) is 6.92 Å². The fourth-order valence-corrected chi connectivity index (χ4v) is 0.626. The van der Waals surface area contributed by atoms with Crippen LogP contribution in [0.25, 0.3) is 0 Å². The molecule has 0 N–H and O–H groups in total. The van der Waals surface area contributed by atoms with E-state index in [-0.39, 0.29) is 0 Å². The molecule has 0 fully saturated rings. The number of aryl methyl sites for hydroxylation is 1. The van der Waals surface area contributed by atoms with Crippen molar-refractivity contribution >= 4 is 11.6 Å². The van der Waals surface area contributed by atoms with Crippen LogP contribution in [-0.2, 0) is 5.88 Å². The molecule has 48 valence electrons. The first kappa shape index (κ1) is 6.49. The van der Waals surface area contributed by atoms with Crippen molar-refractivity contribution in [3.05, 3.63) is 23.8 Å². The second-order valence-corrected chi connectivity index (χ2v) is 2.04. The Kier molecular flexibility index (Phi) is 2.01. The van der Waals surface area contributed by atoms with Gasteiger partial charge in [0.1, 0.15) is 5.82 Å². The average molecular weight is 143 g/mol. The summed E-state index contributed by atoms with van der Waals surface area (Å²) >= 11 is 5.50. The first-order valence-corrected chi connectivity index (χ1v) is 3.20. The van der Waals surface area contributed by atoms with Gasteiger partial charge in [-0.25, -0.2) is 9.97 Å². The van der Waals surface area contributed by atoms with Crippen molar-refractivity contribution in [2.45, 2.75) is 12.8 Å². The summed E-state index contributed by atoms with van der Waals surface area (Å²) in [4.78, 5) is 7.91. The van der Waals surface area contributed by atoms with Crippen molar-refractivity contribution in [3.8, 4) is 0 Å². The van der Waals surface area contributed by atoms with E-state index in [4.69, 9.17) is 11.6 Å². The third-order valence-electron chi connectivity index (χ3n) is 0.989. The highest BCUT2D eigenvalue weighted by molar-refractivity contribution is 6.17. The highest BCUT2D eigenvalue weighted by atomic mass is 35.5. The van der Waals surface area contributed by atoms with Gasteiger partial charge in [0.2, 0.25) is 0 Å². The number of nitrogens with zero attached hydrogens (tertiary/aromatic N) is 2. The Balaban J connectivity index is 2.88. The maximum atomic E-state index is 5.50. The molecule has 0 atom stereocenters. The minimum atomic E-state index is 0.486. The molecule has 0 aliphatic rings. The number of hydrogen-bond donors (Lipinski definition) is 0. The summed E-state index contributed by atoms with van der Waals surface area (Å²) < 4.78 is 0. The van der Waals surface area contributed by atoms with E-state index in [0.29, 0.717) is 5.88 Å². The number of aromatic nitrogens is 2. The largest absolute Gasteiger partial charge is 0.241 e. The van der Waals surface area contributed by atoms with E-state index < -0.39 is 0 Å². The van der Waals surface area contributed by atoms with Crippen molar-refractivity contribution in [1.29, 1.82) is 0 Å². The van der Waals surface area contributed by atoms with Gasteiger partial charge < -0.3 is 0 Å². The van der Waals surface area contributed by atoms with Gasteiger partial charge in [0.05, 0.1) is 5.88 Å². The number of hydrogen-bond acceptors (Lipinski definition) is 2. The monoisotopic (exact) mass is 142 g/mol. The number of alkyl halides is 1. The molecule has 1 heterocycles. The summed E-state index contributed by atoms with van der Waals surface area (Å²) in [7, 11) is 0. The summed E-state index contributed by atoms with van der Waals surface area (Å²) in [5.41, 5.74) is 0.960. The third-order valence-corrected chi connectivity index (χ3v) is 1.30. The van der Waals surface area contributed by atoms with Gasteiger partial charge in [-0.05, 0) is 6.92 Å². The van der Waals surface area contributed by atoms with Gasteiger partial charge in [0.25, 0.3) is 0 Å². The van der Waals surface area contributed by atoms with Gasteiger partial charge in [0.15, 0.2) is 0 Å². The smallest absolute Gasteiger partial charge is 0.125 e. The SMILES string of the molecule is Cc1ncc(CCl)cn1. The maximum Gasteiger partial charge on any atom is 0.125 e. The van der Waals surface area contributed by atoms with E-state index in [0.717, 1.165) is 11.4 Å². The maximum absolute atomic E-state index is 5.50. The van der Waals surface area contributed by atoms with Crippen molar-refractivity contribution in [2.75, 3.05) is 0 Å². The van der Waals surface area contributed by atoms with E-state index in [1.165, 1.54) is 0 Å². The second kappa shape index (κ2) is 2.78. The Labute approximate surface area is 58.9 Å². The Hall–Kier alpha value is -0.630. The van der Waals surface area contributed by atoms with Crippen LogP contribution in [0.15, 0.2) is 12.4 Å². The second-order valence-electron chi connectivity index (χ2n) is 1.77. The van der Waals surface area contributed by atoms with Crippen LogP contribution in [0.2, 0.25) is 0 Å². The van der Waals surface area contributed by atoms with Crippen LogP contribution >= 0.6 is 11.6 Å². The summed E-state index contributed by atoms with van der Waals surface area (Å²) in [6.45, 7) is 1.85. The fraction of sp³-hybridized carbons (Fsp3) is 0.333. The summed E-state index contributed by atoms with van der Waals surface area (Å²) in [5.74, 6) is 1.27. The van der Waals surface area contributed by atoms with Gasteiger partial charge in [-0.1, -0.05) is 0 Å². The molecule has 0 saturated carbocycles. The predicted octanol–water partition coefficient (Wildman–Crippen LogP) is 1.52. The molecule has 3 heteroatoms. The Morgan fingerprint density at radius 3 is 2.44 bits per heavy atom. The van der Waals surface area contributed by atoms with Crippen LogP contribution in [0.3, 0.4) is 0 Å². The lowest BCUT2D eigenvalue weighted by molar-refractivity contribution is 1.02. The highest BCUT2D eigenvalue weighted by Gasteiger charge is 1.88. The molecule has 2 nitrogen and oxygen atoms in total. The van der Waals surface area contributed by atoms with Gasteiger partial charge in [-0.2, -0.15) is 0 Å². The fourth-order valence-electron chi connectivity index (χ4n) is 0.488. The molecule has 0 aliphatic carbocycles. The van der Waals surface area contributed by atoms with E-state index in [1.54, 1.807) is 12.4 Å². The molecule has 0 amide bonds. The van der Waals surface area contributed by atoms with Gasteiger partial charge in [0, 0.05) is 18.0 Å². The Bertz CT molecular complexity index is 183. The summed E-state index contributed by atoms with van der Waals surface area (Å²) in [5, 5.41) is 0. The lowest BCUT2D eigenvalue weighted by Crippen LogP contribution is -1.87. The zero-order chi connectivity index (χ0) is 6.69. The van der Waals surface area contributed by atoms with E-state index in [9.17, 15) is 0 Å². The molecule has 9 heavy (non-hydrogen) atoms. The molecule has 0 spiro atoms. The molecular weight excluding hydrogens is 136 g/mol. The molecular formula is C6H7ClN2. The Morgan fingerprint density at radius 2 is 2.00 bits per heavy atom. The van der Waals surface area contributed by atoms with Crippen LogP contribution in [0, 0.1) is 6.92 Å². The van der Waals surface area contributed by atoms with E-state index >= 15 is 0 Å². The standard InChI is InChI=1S/C6H7ClN2/c1-5-8-3-6(2-7)4-9-5/h3-4H,2H2,1H3. The predicted molar refractivity (Wildman–Crippen MR) is 36.3 cm³/mol. The molecule has 0 radical (unpaired) electrons. The van der Waals surface area contributed by atoms with Crippen molar-refractivity contribution in [1.82, 2.24) is 9.97 Å². The molecule has 1 aromatic rings. The lowest BCUT2D eigenvalue weighted by atomic mass is 10.4. The molecule has 0 unspecified atom stereocenters. The first-order chi connectivity index (χ1) is 4.33. The number of rotatable bonds is 1. The molecule has 1 aromatic heterocycles. The third kappa shape index (κ3) is 1.64. The van der Waals surface area contributed by atoms with Crippen molar-refractivity contribution < 1.29 is 0 Å². The van der Waals surface area contributed by atoms with Crippen molar-refractivity contribution in [3.63, 3.8) is 0 Å². The van der Waals surface area contributed by atoms with Crippen molar-refractivity contribution in [2.24, 2.45) is 0 Å². The summed E-state index contributed by atoms with van der Waals surface area (Å²) in [6.07, 6.45) is 3.46. The molecule has 0 saturated heterocycles. The first-order valence-electron chi connectivity index (χ1n) is 2.66. The van der Waals surface area contributed by atoms with Crippen LogP contribution in [0.5, 0.6) is 0 Å². The highest BCUT2D eigenvalue weighted by Crippen LogP contribution is 1.98. The molecule has 0 aliphatic heterocycles. The Morgan fingerprint density at radius 1 is 1.44 bits per heavy atom. The number of halogens is 1. The zero-order valence-electron chi connectivity index (χ0n) is 5.13. The minimum Gasteiger partial charge on any atom is -0.241 e.